The van der Waals surface area contributed by atoms with E-state index in [2.05, 4.69) is 9.72 Å². The molecule has 0 radical (unpaired) electrons. The van der Waals surface area contributed by atoms with Crippen LogP contribution in [0.5, 0.6) is 5.75 Å². The highest BCUT2D eigenvalue weighted by Crippen LogP contribution is 2.37. The number of ether oxygens (including phenoxy) is 1. The van der Waals surface area contributed by atoms with Crippen LogP contribution in [0.3, 0.4) is 0 Å². The van der Waals surface area contributed by atoms with Crippen molar-refractivity contribution in [1.29, 1.82) is 0 Å². The van der Waals surface area contributed by atoms with Gasteiger partial charge in [-0.2, -0.15) is 0 Å². The fourth-order valence-corrected chi connectivity index (χ4v) is 1.17. The van der Waals surface area contributed by atoms with Gasteiger partial charge in [0.05, 0.1) is 5.56 Å². The maximum Gasteiger partial charge on any atom is 0.573 e. The van der Waals surface area contributed by atoms with Crippen molar-refractivity contribution < 1.29 is 31.6 Å². The zero-order valence-corrected chi connectivity index (χ0v) is 8.66. The van der Waals surface area contributed by atoms with Crippen molar-refractivity contribution in [2.24, 2.45) is 0 Å². The van der Waals surface area contributed by atoms with Crippen LogP contribution in [0.1, 0.15) is 17.6 Å². The highest BCUT2D eigenvalue weighted by molar-refractivity contribution is 5.49. The van der Waals surface area contributed by atoms with Gasteiger partial charge in [0.15, 0.2) is 0 Å². The fraction of sp³-hybridized carbons (Fsp3) is 0.375. The van der Waals surface area contributed by atoms with Crippen LogP contribution in [0.25, 0.3) is 0 Å². The van der Waals surface area contributed by atoms with Crippen LogP contribution in [0, 0.1) is 17.0 Å². The molecule has 1 heterocycles. The first-order valence-electron chi connectivity index (χ1n) is 4.31. The van der Waals surface area contributed by atoms with Gasteiger partial charge in [-0.05, 0) is 16.8 Å². The van der Waals surface area contributed by atoms with Crippen molar-refractivity contribution >= 4 is 5.82 Å². The quantitative estimate of drug-likeness (QED) is 0.481. The Morgan fingerprint density at radius 3 is 2.39 bits per heavy atom. The zero-order valence-electron chi connectivity index (χ0n) is 8.66. The summed E-state index contributed by atoms with van der Waals surface area (Å²) in [5.41, 5.74) is -1.54. The van der Waals surface area contributed by atoms with Gasteiger partial charge in [-0.15, -0.1) is 13.2 Å². The van der Waals surface area contributed by atoms with Crippen molar-refractivity contribution in [3.8, 4) is 5.75 Å². The molecule has 10 heteroatoms. The maximum absolute atomic E-state index is 12.4. The summed E-state index contributed by atoms with van der Waals surface area (Å²) in [5.74, 6) is -2.60. The number of halogens is 5. The Kier molecular flexibility index (Phi) is 3.67. The van der Waals surface area contributed by atoms with Crippen molar-refractivity contribution in [2.45, 2.75) is 19.7 Å². The summed E-state index contributed by atoms with van der Waals surface area (Å²) in [6.07, 6.45) is -7.91. The largest absolute Gasteiger partial charge is 0.573 e. The Labute approximate surface area is 96.3 Å². The van der Waals surface area contributed by atoms with Crippen LogP contribution >= 0.6 is 0 Å². The van der Waals surface area contributed by atoms with Gasteiger partial charge in [0, 0.05) is 5.56 Å². The molecule has 18 heavy (non-hydrogen) atoms. The Bertz CT molecular complexity index is 475. The Hall–Kier alpha value is -2.00. The number of hydrogen-bond donors (Lipinski definition) is 0. The van der Waals surface area contributed by atoms with E-state index in [1.54, 1.807) is 0 Å². The lowest BCUT2D eigenvalue weighted by atomic mass is 10.1. The molecule has 1 rings (SSSR count). The van der Waals surface area contributed by atoms with E-state index in [1.807, 2.05) is 0 Å². The first-order chi connectivity index (χ1) is 8.13. The summed E-state index contributed by atoms with van der Waals surface area (Å²) in [7, 11) is 0. The third-order valence-corrected chi connectivity index (χ3v) is 1.93. The third-order valence-electron chi connectivity index (χ3n) is 1.93. The Morgan fingerprint density at radius 2 is 2.00 bits per heavy atom. The number of alkyl halides is 5. The van der Waals surface area contributed by atoms with Gasteiger partial charge in [-0.3, -0.25) is 0 Å². The van der Waals surface area contributed by atoms with E-state index < -0.39 is 40.4 Å². The van der Waals surface area contributed by atoms with E-state index in [1.165, 1.54) is 0 Å². The van der Waals surface area contributed by atoms with Crippen molar-refractivity contribution in [1.82, 2.24) is 4.98 Å². The van der Waals surface area contributed by atoms with Gasteiger partial charge in [-0.1, -0.05) is 0 Å². The molecule has 5 nitrogen and oxygen atoms in total. The summed E-state index contributed by atoms with van der Waals surface area (Å²) in [6.45, 7) is 0.858. The van der Waals surface area contributed by atoms with Crippen LogP contribution in [0.15, 0.2) is 6.20 Å². The monoisotopic (exact) mass is 272 g/mol. The molecule has 0 aliphatic carbocycles. The molecule has 0 amide bonds. The fourth-order valence-electron chi connectivity index (χ4n) is 1.17. The molecule has 1 aromatic heterocycles. The summed E-state index contributed by atoms with van der Waals surface area (Å²) in [4.78, 5) is 12.1. The van der Waals surface area contributed by atoms with Crippen molar-refractivity contribution in [3.05, 3.63) is 27.4 Å². The van der Waals surface area contributed by atoms with Crippen LogP contribution in [0.4, 0.5) is 27.8 Å². The van der Waals surface area contributed by atoms with E-state index in [9.17, 15) is 32.1 Å². The van der Waals surface area contributed by atoms with Gasteiger partial charge in [0.1, 0.15) is 6.20 Å². The second-order valence-corrected chi connectivity index (χ2v) is 3.10. The molecule has 0 saturated carbocycles. The lowest BCUT2D eigenvalue weighted by Gasteiger charge is -2.12. The average molecular weight is 272 g/mol. The van der Waals surface area contributed by atoms with Crippen LogP contribution in [-0.4, -0.2) is 16.3 Å². The summed E-state index contributed by atoms with van der Waals surface area (Å²) >= 11 is 0. The highest BCUT2D eigenvalue weighted by Gasteiger charge is 2.37. The molecule has 0 aliphatic heterocycles. The standard InChI is InChI=1S/C8H5F5N2O3/c1-3-4(6(9)10)2-14-7(15(16)17)5(3)18-8(11,12)13/h2,6H,1H3. The molecule has 100 valence electrons. The first-order valence-corrected chi connectivity index (χ1v) is 4.31. The van der Waals surface area contributed by atoms with Gasteiger partial charge in [0.2, 0.25) is 5.75 Å². The number of nitro groups is 1. The van der Waals surface area contributed by atoms with Crippen LogP contribution in [-0.2, 0) is 0 Å². The predicted octanol–water partition coefficient (Wildman–Crippen LogP) is 3.13. The predicted molar refractivity (Wildman–Crippen MR) is 47.3 cm³/mol. The SMILES string of the molecule is Cc1c(C(F)F)cnc([N+](=O)[O-])c1OC(F)(F)F. The lowest BCUT2D eigenvalue weighted by Crippen LogP contribution is -2.19. The number of aromatic nitrogens is 1. The van der Waals surface area contributed by atoms with Gasteiger partial charge in [0.25, 0.3) is 6.43 Å². The minimum absolute atomic E-state index is 0.446. The summed E-state index contributed by atoms with van der Waals surface area (Å²) < 4.78 is 64.3. The van der Waals surface area contributed by atoms with Gasteiger partial charge in [-0.25, -0.2) is 8.78 Å². The number of nitrogens with zero attached hydrogens (tertiary/aromatic N) is 2. The van der Waals surface area contributed by atoms with E-state index >= 15 is 0 Å². The van der Waals surface area contributed by atoms with E-state index in [4.69, 9.17) is 0 Å². The molecule has 0 bridgehead atoms. The minimum atomic E-state index is -5.24. The number of rotatable bonds is 3. The Morgan fingerprint density at radius 1 is 1.44 bits per heavy atom. The minimum Gasteiger partial charge on any atom is -0.396 e. The Balaban J connectivity index is 3.41. The maximum atomic E-state index is 12.4. The molecule has 0 unspecified atom stereocenters. The lowest BCUT2D eigenvalue weighted by molar-refractivity contribution is -0.393. The molecular formula is C8H5F5N2O3. The molecular weight excluding hydrogens is 267 g/mol. The number of hydrogen-bond acceptors (Lipinski definition) is 4. The van der Waals surface area contributed by atoms with Crippen LogP contribution in [0.2, 0.25) is 0 Å². The second kappa shape index (κ2) is 4.70. The van der Waals surface area contributed by atoms with Crippen LogP contribution < -0.4 is 4.74 Å². The van der Waals surface area contributed by atoms with Gasteiger partial charge >= 0.3 is 12.2 Å². The van der Waals surface area contributed by atoms with Gasteiger partial charge < -0.3 is 14.9 Å². The molecule has 0 fully saturated rings. The zero-order chi connectivity index (χ0) is 14.1. The third kappa shape index (κ3) is 3.02. The van der Waals surface area contributed by atoms with Crippen molar-refractivity contribution in [2.75, 3.05) is 0 Å². The smallest absolute Gasteiger partial charge is 0.396 e. The van der Waals surface area contributed by atoms with E-state index in [0.717, 1.165) is 6.92 Å². The first kappa shape index (κ1) is 14.1. The molecule has 0 spiro atoms. The summed E-state index contributed by atoms with van der Waals surface area (Å²) in [6, 6.07) is 0. The highest BCUT2D eigenvalue weighted by atomic mass is 19.4. The number of pyridine rings is 1. The molecule has 0 aliphatic rings. The van der Waals surface area contributed by atoms with Crippen molar-refractivity contribution in [3.63, 3.8) is 0 Å². The van der Waals surface area contributed by atoms with E-state index in [-0.39, 0.29) is 0 Å². The molecule has 0 atom stereocenters. The van der Waals surface area contributed by atoms with E-state index in [0.29, 0.717) is 6.20 Å². The average Bonchev–Trinajstić information content (AvgIpc) is 2.17. The topological polar surface area (TPSA) is 65.3 Å². The summed E-state index contributed by atoms with van der Waals surface area (Å²) in [5, 5.41) is 10.4. The molecule has 0 saturated heterocycles. The molecule has 1 aromatic rings. The second-order valence-electron chi connectivity index (χ2n) is 3.10. The molecule has 0 aromatic carbocycles. The normalized spacial score (nSPS) is 11.7. The molecule has 0 N–H and O–H groups in total.